The topological polar surface area (TPSA) is 7.76 Å². The predicted octanol–water partition coefficient (Wildman–Crippen LogP) is 2.05. The normalized spacial score (nSPS) is 10.1. The molecule has 2 rings (SSSR count). The van der Waals surface area contributed by atoms with Crippen molar-refractivity contribution in [1.82, 2.24) is 0 Å². The van der Waals surface area contributed by atoms with E-state index in [0.717, 1.165) is 11.1 Å². The Morgan fingerprint density at radius 3 is 1.22 bits per heavy atom. The Bertz CT molecular complexity index is 535. The summed E-state index contributed by atoms with van der Waals surface area (Å²) in [5, 5.41) is 0. The van der Waals surface area contributed by atoms with Crippen LogP contribution in [0, 0.1) is 0 Å². The standard InChI is InChI=1S/C12H8N2S4/c15-11(16)13-5-1-9(2-6-13)10-3-7-14(8-4-10)12(17)18/h1-8H/p+2. The molecule has 0 saturated heterocycles. The summed E-state index contributed by atoms with van der Waals surface area (Å²) in [6.07, 6.45) is 7.54. The molecule has 0 N–H and O–H groups in total. The first-order valence-electron chi connectivity index (χ1n) is 5.07. The molecule has 0 amide bonds. The first kappa shape index (κ1) is 13.6. The minimum Gasteiger partial charge on any atom is -0.152 e. The largest absolute Gasteiger partial charge is 0.309 e. The van der Waals surface area contributed by atoms with Crippen molar-refractivity contribution < 1.29 is 9.13 Å². The minimum atomic E-state index is 0.521. The SMILES string of the molecule is S=C(S)[n+]1ccc(-c2cc[n+](C(=S)S)cc2)cc1. The average molecular weight is 310 g/mol. The Morgan fingerprint density at radius 2 is 1.00 bits per heavy atom. The lowest BCUT2D eigenvalue weighted by Crippen LogP contribution is -2.37. The molecule has 0 aromatic carbocycles. The molecule has 0 spiro atoms. The molecule has 0 aliphatic heterocycles. The number of thiol groups is 2. The highest BCUT2D eigenvalue weighted by Crippen LogP contribution is 2.15. The maximum atomic E-state index is 4.97. The van der Waals surface area contributed by atoms with Crippen LogP contribution in [0.4, 0.5) is 0 Å². The van der Waals surface area contributed by atoms with Gasteiger partial charge in [0.15, 0.2) is 24.8 Å². The van der Waals surface area contributed by atoms with Crippen LogP contribution < -0.4 is 9.13 Å². The fourth-order valence-corrected chi connectivity index (χ4v) is 2.00. The Hall–Kier alpha value is -0.820. The van der Waals surface area contributed by atoms with Crippen LogP contribution in [0.3, 0.4) is 0 Å². The molecule has 0 atom stereocenters. The highest BCUT2D eigenvalue weighted by molar-refractivity contribution is 8.10. The van der Waals surface area contributed by atoms with E-state index in [-0.39, 0.29) is 0 Å². The Morgan fingerprint density at radius 1 is 0.722 bits per heavy atom. The molecule has 0 bridgehead atoms. The van der Waals surface area contributed by atoms with E-state index in [1.54, 1.807) is 9.13 Å². The molecule has 2 heterocycles. The fourth-order valence-electron chi connectivity index (χ4n) is 1.49. The summed E-state index contributed by atoms with van der Waals surface area (Å²) in [6.45, 7) is 0. The fraction of sp³-hybridized carbons (Fsp3) is 0. The molecule has 0 fully saturated rings. The van der Waals surface area contributed by atoms with Gasteiger partial charge in [-0.05, 0) is 11.1 Å². The van der Waals surface area contributed by atoms with Crippen LogP contribution in [0.15, 0.2) is 49.1 Å². The zero-order valence-corrected chi connectivity index (χ0v) is 12.6. The van der Waals surface area contributed by atoms with E-state index in [1.165, 1.54) is 0 Å². The van der Waals surface area contributed by atoms with Crippen molar-refractivity contribution in [2.75, 3.05) is 0 Å². The number of rotatable bonds is 1. The van der Waals surface area contributed by atoms with Gasteiger partial charge in [0.1, 0.15) is 0 Å². The highest BCUT2D eigenvalue weighted by atomic mass is 32.1. The lowest BCUT2D eigenvalue weighted by molar-refractivity contribution is -0.546. The number of aromatic nitrogens is 2. The Kier molecular flexibility index (Phi) is 4.45. The van der Waals surface area contributed by atoms with Gasteiger partial charge in [0.05, 0.1) is 0 Å². The van der Waals surface area contributed by atoms with Crippen LogP contribution in [0.25, 0.3) is 11.1 Å². The van der Waals surface area contributed by atoms with Crippen molar-refractivity contribution in [3.05, 3.63) is 49.1 Å². The van der Waals surface area contributed by atoms with Crippen molar-refractivity contribution in [2.45, 2.75) is 0 Å². The maximum Gasteiger partial charge on any atom is 0.309 e. The molecule has 0 radical (unpaired) electrons. The van der Waals surface area contributed by atoms with Crippen LogP contribution in [0.5, 0.6) is 0 Å². The molecule has 0 aliphatic rings. The van der Waals surface area contributed by atoms with Crippen LogP contribution in [-0.2, 0) is 0 Å². The average Bonchev–Trinajstić information content (AvgIpc) is 2.39. The van der Waals surface area contributed by atoms with Gasteiger partial charge in [-0.2, -0.15) is 9.13 Å². The summed E-state index contributed by atoms with van der Waals surface area (Å²) in [5.74, 6) is 0. The molecular formula is C12H10N2S4+2. The molecule has 0 aliphatic carbocycles. The molecule has 18 heavy (non-hydrogen) atoms. The summed E-state index contributed by atoms with van der Waals surface area (Å²) in [6, 6.07) is 7.95. The van der Waals surface area contributed by atoms with Gasteiger partial charge in [0.25, 0.3) is 0 Å². The number of hydrogen-bond acceptors (Lipinski definition) is 2. The highest BCUT2D eigenvalue weighted by Gasteiger charge is 2.08. The van der Waals surface area contributed by atoms with Crippen LogP contribution in [0.1, 0.15) is 0 Å². The van der Waals surface area contributed by atoms with E-state index in [4.69, 9.17) is 24.4 Å². The second-order valence-electron chi connectivity index (χ2n) is 3.55. The van der Waals surface area contributed by atoms with Gasteiger partial charge in [-0.25, -0.2) is 0 Å². The first-order chi connectivity index (χ1) is 8.58. The molecule has 0 unspecified atom stereocenters. The third-order valence-corrected chi connectivity index (χ3v) is 3.32. The number of pyridine rings is 2. The van der Waals surface area contributed by atoms with Crippen LogP contribution >= 0.6 is 49.7 Å². The summed E-state index contributed by atoms with van der Waals surface area (Å²) >= 11 is 18.2. The smallest absolute Gasteiger partial charge is 0.152 e. The second kappa shape index (κ2) is 5.88. The molecule has 2 aromatic rings. The van der Waals surface area contributed by atoms with E-state index < -0.39 is 0 Å². The van der Waals surface area contributed by atoms with Gasteiger partial charge in [-0.1, -0.05) is 25.3 Å². The molecule has 0 saturated carbocycles. The summed E-state index contributed by atoms with van der Waals surface area (Å²) in [7, 11) is 0. The molecule has 2 aromatic heterocycles. The monoisotopic (exact) mass is 310 g/mol. The van der Waals surface area contributed by atoms with Gasteiger partial charge in [0.2, 0.25) is 0 Å². The van der Waals surface area contributed by atoms with Crippen LogP contribution in [0.2, 0.25) is 0 Å². The maximum absolute atomic E-state index is 4.97. The van der Waals surface area contributed by atoms with Gasteiger partial charge in [-0.15, -0.1) is 0 Å². The van der Waals surface area contributed by atoms with Crippen molar-refractivity contribution in [1.29, 1.82) is 0 Å². The van der Waals surface area contributed by atoms with Crippen molar-refractivity contribution in [2.24, 2.45) is 0 Å². The third-order valence-electron chi connectivity index (χ3n) is 2.43. The number of nitrogens with zero attached hydrogens (tertiary/aromatic N) is 2. The van der Waals surface area contributed by atoms with E-state index in [9.17, 15) is 0 Å². The predicted molar refractivity (Wildman–Crippen MR) is 86.2 cm³/mol. The quantitative estimate of drug-likeness (QED) is 0.473. The van der Waals surface area contributed by atoms with Gasteiger partial charge in [0, 0.05) is 48.7 Å². The Labute approximate surface area is 127 Å². The molecule has 90 valence electrons. The zero-order valence-electron chi connectivity index (χ0n) is 9.22. The lowest BCUT2D eigenvalue weighted by Gasteiger charge is -1.99. The van der Waals surface area contributed by atoms with Crippen LogP contribution in [-0.4, -0.2) is 8.64 Å². The molecular weight excluding hydrogens is 300 g/mol. The van der Waals surface area contributed by atoms with Gasteiger partial charge >= 0.3 is 8.64 Å². The summed E-state index contributed by atoms with van der Waals surface area (Å²) in [4.78, 5) is 0. The second-order valence-corrected chi connectivity index (χ2v) is 5.78. The molecule has 6 heteroatoms. The zero-order chi connectivity index (χ0) is 13.1. The number of hydrogen-bond donors (Lipinski definition) is 2. The van der Waals surface area contributed by atoms with Crippen molar-refractivity contribution in [3.8, 4) is 11.1 Å². The third kappa shape index (κ3) is 3.14. The van der Waals surface area contributed by atoms with E-state index in [0.29, 0.717) is 8.64 Å². The summed E-state index contributed by atoms with van der Waals surface area (Å²) in [5.41, 5.74) is 2.21. The lowest BCUT2D eigenvalue weighted by atomic mass is 10.1. The van der Waals surface area contributed by atoms with Crippen molar-refractivity contribution in [3.63, 3.8) is 0 Å². The van der Waals surface area contributed by atoms with Crippen molar-refractivity contribution >= 4 is 58.3 Å². The van der Waals surface area contributed by atoms with E-state index in [2.05, 4.69) is 25.3 Å². The van der Waals surface area contributed by atoms with E-state index in [1.807, 2.05) is 49.1 Å². The summed E-state index contributed by atoms with van der Waals surface area (Å²) < 4.78 is 4.59. The van der Waals surface area contributed by atoms with Gasteiger partial charge in [-0.3, -0.25) is 0 Å². The van der Waals surface area contributed by atoms with E-state index >= 15 is 0 Å². The Balaban J connectivity index is 2.31. The van der Waals surface area contributed by atoms with Gasteiger partial charge < -0.3 is 0 Å². The number of thiocarbonyl (C=S) groups is 2. The molecule has 2 nitrogen and oxygen atoms in total. The first-order valence-corrected chi connectivity index (χ1v) is 6.78. The minimum absolute atomic E-state index is 0.521.